The molecule has 2 saturated heterocycles. The first-order valence-corrected chi connectivity index (χ1v) is 10.7. The van der Waals surface area contributed by atoms with Crippen molar-refractivity contribution in [3.8, 4) is 0 Å². The molecule has 3 fully saturated rings. The largest absolute Gasteiger partial charge is 0.357 e. The molecular formula is C22H34FIN4. The Morgan fingerprint density at radius 2 is 1.96 bits per heavy atom. The van der Waals surface area contributed by atoms with Gasteiger partial charge in [0.25, 0.3) is 0 Å². The van der Waals surface area contributed by atoms with Crippen LogP contribution < -0.4 is 5.32 Å². The molecule has 0 spiro atoms. The van der Waals surface area contributed by atoms with E-state index in [1.807, 2.05) is 12.1 Å². The molecule has 1 N–H and O–H groups in total. The summed E-state index contributed by atoms with van der Waals surface area (Å²) in [5, 5.41) is 3.47. The van der Waals surface area contributed by atoms with E-state index in [9.17, 15) is 4.39 Å². The van der Waals surface area contributed by atoms with Gasteiger partial charge in [0, 0.05) is 31.6 Å². The van der Waals surface area contributed by atoms with Crippen molar-refractivity contribution in [1.82, 2.24) is 15.1 Å². The van der Waals surface area contributed by atoms with Crippen LogP contribution in [0.25, 0.3) is 0 Å². The highest BCUT2D eigenvalue weighted by molar-refractivity contribution is 14.0. The third-order valence-electron chi connectivity index (χ3n) is 6.47. The van der Waals surface area contributed by atoms with Gasteiger partial charge in [0.1, 0.15) is 5.82 Å². The predicted octanol–water partition coefficient (Wildman–Crippen LogP) is 3.86. The summed E-state index contributed by atoms with van der Waals surface area (Å²) in [4.78, 5) is 10.0. The van der Waals surface area contributed by atoms with Crippen molar-refractivity contribution < 1.29 is 4.39 Å². The van der Waals surface area contributed by atoms with Crippen molar-refractivity contribution >= 4 is 29.9 Å². The van der Waals surface area contributed by atoms with E-state index in [4.69, 9.17) is 4.99 Å². The van der Waals surface area contributed by atoms with E-state index < -0.39 is 0 Å². The van der Waals surface area contributed by atoms with Gasteiger partial charge in [-0.2, -0.15) is 0 Å². The molecule has 2 aliphatic heterocycles. The lowest BCUT2D eigenvalue weighted by molar-refractivity contribution is 0.281. The van der Waals surface area contributed by atoms with Crippen LogP contribution in [0.15, 0.2) is 29.3 Å². The number of likely N-dealkylation sites (tertiary alicyclic amines) is 2. The molecule has 1 aliphatic carbocycles. The highest BCUT2D eigenvalue weighted by atomic mass is 127. The lowest BCUT2D eigenvalue weighted by atomic mass is 9.95. The predicted molar refractivity (Wildman–Crippen MR) is 124 cm³/mol. The summed E-state index contributed by atoms with van der Waals surface area (Å²) < 4.78 is 14.3. The molecule has 0 radical (unpaired) electrons. The van der Waals surface area contributed by atoms with E-state index in [0.29, 0.717) is 6.54 Å². The Morgan fingerprint density at radius 3 is 2.64 bits per heavy atom. The number of benzene rings is 1. The van der Waals surface area contributed by atoms with Crippen molar-refractivity contribution in [3.05, 3.63) is 35.6 Å². The molecule has 2 heterocycles. The van der Waals surface area contributed by atoms with E-state index in [0.717, 1.165) is 49.9 Å². The minimum absolute atomic E-state index is 0. The molecule has 4 nitrogen and oxygen atoms in total. The quantitative estimate of drug-likeness (QED) is 0.366. The monoisotopic (exact) mass is 500 g/mol. The third kappa shape index (κ3) is 4.99. The van der Waals surface area contributed by atoms with Crippen molar-refractivity contribution in [3.63, 3.8) is 0 Å². The summed E-state index contributed by atoms with van der Waals surface area (Å²) in [5.74, 6) is 1.68. The number of hydrogen-bond acceptors (Lipinski definition) is 2. The smallest absolute Gasteiger partial charge is 0.193 e. The van der Waals surface area contributed by atoms with Gasteiger partial charge in [-0.1, -0.05) is 18.2 Å². The van der Waals surface area contributed by atoms with Gasteiger partial charge in [-0.3, -0.25) is 4.99 Å². The molecule has 1 unspecified atom stereocenters. The first-order chi connectivity index (χ1) is 13.2. The molecule has 1 atom stereocenters. The number of hydrogen-bond donors (Lipinski definition) is 1. The van der Waals surface area contributed by atoms with Crippen LogP contribution in [-0.2, 0) is 5.41 Å². The number of rotatable bonds is 6. The number of aliphatic imine (C=N–C) groups is 1. The maximum absolute atomic E-state index is 14.3. The van der Waals surface area contributed by atoms with E-state index in [1.165, 1.54) is 38.9 Å². The van der Waals surface area contributed by atoms with Gasteiger partial charge in [-0.05, 0) is 69.7 Å². The van der Waals surface area contributed by atoms with E-state index >= 15 is 0 Å². The van der Waals surface area contributed by atoms with Crippen molar-refractivity contribution in [2.45, 2.75) is 44.4 Å². The lowest BCUT2D eigenvalue weighted by Crippen LogP contribution is -2.41. The standard InChI is InChI=1S/C22H33FN4.HI/c1-2-24-21(27-14-9-18(16-27)15-26-12-5-6-13-26)25-17-22(10-11-22)19-7-3-4-8-20(19)23;/h3-4,7-8,18H,2,5-6,9-17H2,1H3,(H,24,25);1H. The number of guanidine groups is 1. The fourth-order valence-corrected chi connectivity index (χ4v) is 4.71. The van der Waals surface area contributed by atoms with Gasteiger partial charge in [0.05, 0.1) is 6.54 Å². The average Bonchev–Trinajstić information content (AvgIpc) is 3.05. The lowest BCUT2D eigenvalue weighted by Gasteiger charge is -2.24. The molecule has 0 amide bonds. The van der Waals surface area contributed by atoms with Crippen LogP contribution in [0.3, 0.4) is 0 Å². The third-order valence-corrected chi connectivity index (χ3v) is 6.47. The minimum Gasteiger partial charge on any atom is -0.357 e. The topological polar surface area (TPSA) is 30.9 Å². The summed E-state index contributed by atoms with van der Waals surface area (Å²) in [5.41, 5.74) is 0.763. The summed E-state index contributed by atoms with van der Waals surface area (Å²) >= 11 is 0. The van der Waals surface area contributed by atoms with Gasteiger partial charge in [0.15, 0.2) is 5.96 Å². The highest BCUT2D eigenvalue weighted by Crippen LogP contribution is 2.49. The maximum Gasteiger partial charge on any atom is 0.193 e. The number of nitrogens with one attached hydrogen (secondary N) is 1. The summed E-state index contributed by atoms with van der Waals surface area (Å²) in [7, 11) is 0. The molecule has 28 heavy (non-hydrogen) atoms. The van der Waals surface area contributed by atoms with E-state index in [2.05, 4.69) is 22.0 Å². The Morgan fingerprint density at radius 1 is 1.21 bits per heavy atom. The van der Waals surface area contributed by atoms with Crippen LogP contribution in [0, 0.1) is 11.7 Å². The molecule has 0 bridgehead atoms. The molecular weight excluding hydrogens is 466 g/mol. The fourth-order valence-electron chi connectivity index (χ4n) is 4.71. The first kappa shape index (κ1) is 21.8. The first-order valence-electron chi connectivity index (χ1n) is 10.7. The van der Waals surface area contributed by atoms with Crippen molar-refractivity contribution in [1.29, 1.82) is 0 Å². The number of nitrogens with zero attached hydrogens (tertiary/aromatic N) is 3. The van der Waals surface area contributed by atoms with Crippen molar-refractivity contribution in [2.24, 2.45) is 10.9 Å². The minimum atomic E-state index is -0.0826. The molecule has 156 valence electrons. The van der Waals surface area contributed by atoms with Gasteiger partial charge >= 0.3 is 0 Å². The summed E-state index contributed by atoms with van der Waals surface area (Å²) in [6.45, 7) is 9.63. The summed E-state index contributed by atoms with van der Waals surface area (Å²) in [6, 6.07) is 7.23. The SMILES string of the molecule is CCNC(=NCC1(c2ccccc2F)CC1)N1CCC(CN2CCCC2)C1.I. The van der Waals surface area contributed by atoms with Gasteiger partial charge in [-0.25, -0.2) is 4.39 Å². The molecule has 6 heteroatoms. The fraction of sp³-hybridized carbons (Fsp3) is 0.682. The Bertz CT molecular complexity index is 670. The second-order valence-electron chi connectivity index (χ2n) is 8.54. The zero-order valence-electron chi connectivity index (χ0n) is 17.0. The van der Waals surface area contributed by atoms with E-state index in [-0.39, 0.29) is 35.2 Å². The van der Waals surface area contributed by atoms with Gasteiger partial charge < -0.3 is 15.1 Å². The van der Waals surface area contributed by atoms with E-state index in [1.54, 1.807) is 12.1 Å². The van der Waals surface area contributed by atoms with Gasteiger partial charge in [-0.15, -0.1) is 24.0 Å². The average molecular weight is 500 g/mol. The highest BCUT2D eigenvalue weighted by Gasteiger charge is 2.46. The van der Waals surface area contributed by atoms with Crippen LogP contribution in [0.1, 0.15) is 44.6 Å². The van der Waals surface area contributed by atoms with Crippen LogP contribution >= 0.6 is 24.0 Å². The Hall–Kier alpha value is -0.890. The Labute approximate surface area is 186 Å². The van der Waals surface area contributed by atoms with Crippen LogP contribution in [0.4, 0.5) is 4.39 Å². The normalized spacial score (nSPS) is 24.3. The molecule has 1 saturated carbocycles. The second-order valence-corrected chi connectivity index (χ2v) is 8.54. The second kappa shape index (κ2) is 9.74. The zero-order chi connectivity index (χ0) is 18.7. The molecule has 1 aromatic rings. The number of halogens is 2. The molecule has 0 aromatic heterocycles. The molecule has 1 aromatic carbocycles. The maximum atomic E-state index is 14.3. The summed E-state index contributed by atoms with van der Waals surface area (Å²) in [6.07, 6.45) is 6.04. The van der Waals surface area contributed by atoms with Gasteiger partial charge in [0.2, 0.25) is 0 Å². The zero-order valence-corrected chi connectivity index (χ0v) is 19.3. The molecule has 3 aliphatic rings. The molecule has 4 rings (SSSR count). The van der Waals surface area contributed by atoms with Crippen LogP contribution in [0.2, 0.25) is 0 Å². The Balaban J connectivity index is 0.00000225. The van der Waals surface area contributed by atoms with Crippen LogP contribution in [-0.4, -0.2) is 61.6 Å². The van der Waals surface area contributed by atoms with Crippen LogP contribution in [0.5, 0.6) is 0 Å². The Kier molecular flexibility index (Phi) is 7.59. The van der Waals surface area contributed by atoms with Crippen molar-refractivity contribution in [2.75, 3.05) is 45.8 Å².